The molecule has 1 aromatic heterocycles. The van der Waals surface area contributed by atoms with Gasteiger partial charge in [0, 0.05) is 18.6 Å². The van der Waals surface area contributed by atoms with E-state index in [1.165, 1.54) is 18.5 Å². The molecular weight excluding hydrogens is 332 g/mol. The van der Waals surface area contributed by atoms with Crippen molar-refractivity contribution in [3.8, 4) is 0 Å². The first-order valence-corrected chi connectivity index (χ1v) is 8.98. The zero-order valence-corrected chi connectivity index (χ0v) is 12.1. The quantitative estimate of drug-likeness (QED) is 0.846. The minimum Gasteiger partial charge on any atom is -0.282 e. The number of hydrogen-bond donors (Lipinski definition) is 1. The molecule has 1 N–H and O–H groups in total. The Hall–Kier alpha value is -0.670. The van der Waals surface area contributed by atoms with Gasteiger partial charge in [-0.15, -0.1) is 0 Å². The minimum atomic E-state index is -3.68. The number of halogens is 1. The molecule has 96 valence electrons. The molecule has 1 rings (SSSR count). The molecule has 6 nitrogen and oxygen atoms in total. The fourth-order valence-electron chi connectivity index (χ4n) is 0.938. The topological polar surface area (TPSA) is 93.2 Å². The summed E-state index contributed by atoms with van der Waals surface area (Å²) in [6.45, 7) is 0. The predicted molar refractivity (Wildman–Crippen MR) is 69.1 cm³/mol. The van der Waals surface area contributed by atoms with E-state index in [0.717, 1.165) is 6.26 Å². The fourth-order valence-corrected chi connectivity index (χ4v) is 4.12. The predicted octanol–water partition coefficient (Wildman–Crippen LogP) is 0.630. The molecule has 0 unspecified atom stereocenters. The molecule has 1 heterocycles. The van der Waals surface area contributed by atoms with Crippen molar-refractivity contribution in [1.29, 1.82) is 0 Å². The van der Waals surface area contributed by atoms with Crippen LogP contribution in [0.25, 0.3) is 0 Å². The molecule has 0 aliphatic rings. The van der Waals surface area contributed by atoms with E-state index in [4.69, 9.17) is 0 Å². The van der Waals surface area contributed by atoms with E-state index in [0.29, 0.717) is 10.2 Å². The van der Waals surface area contributed by atoms with Gasteiger partial charge in [-0.3, -0.25) is 9.71 Å². The Morgan fingerprint density at radius 3 is 2.47 bits per heavy atom. The van der Waals surface area contributed by atoms with Gasteiger partial charge < -0.3 is 0 Å². The van der Waals surface area contributed by atoms with Crippen LogP contribution in [0.5, 0.6) is 0 Å². The van der Waals surface area contributed by atoms with Crippen molar-refractivity contribution in [2.24, 2.45) is 0 Å². The Bertz CT molecular complexity index is 598. The number of nitrogens with one attached hydrogen (secondary N) is 1. The van der Waals surface area contributed by atoms with E-state index in [1.807, 2.05) is 0 Å². The average molecular weight is 343 g/mol. The first-order valence-electron chi connectivity index (χ1n) is 4.47. The molecule has 9 heteroatoms. The monoisotopic (exact) mass is 342 g/mol. The zero-order valence-electron chi connectivity index (χ0n) is 8.92. The second-order valence-corrected chi connectivity index (χ2v) is 8.36. The van der Waals surface area contributed by atoms with Crippen LogP contribution in [0.1, 0.15) is 0 Å². The third-order valence-electron chi connectivity index (χ3n) is 1.76. The lowest BCUT2D eigenvalue weighted by molar-refractivity contribution is 0.593. The van der Waals surface area contributed by atoms with Crippen LogP contribution in [0.2, 0.25) is 0 Å². The van der Waals surface area contributed by atoms with E-state index in [9.17, 15) is 16.8 Å². The number of anilines is 1. The van der Waals surface area contributed by atoms with Gasteiger partial charge in [0.15, 0.2) is 0 Å². The van der Waals surface area contributed by atoms with Crippen molar-refractivity contribution in [3.63, 3.8) is 0 Å². The van der Waals surface area contributed by atoms with Crippen molar-refractivity contribution >= 4 is 41.5 Å². The van der Waals surface area contributed by atoms with Gasteiger partial charge in [0.25, 0.3) is 0 Å². The van der Waals surface area contributed by atoms with Gasteiger partial charge in [-0.25, -0.2) is 16.8 Å². The summed E-state index contributed by atoms with van der Waals surface area (Å²) in [6, 6.07) is 1.47. The summed E-state index contributed by atoms with van der Waals surface area (Å²) in [5.41, 5.74) is 0.327. The smallest absolute Gasteiger partial charge is 0.233 e. The largest absolute Gasteiger partial charge is 0.282 e. The summed E-state index contributed by atoms with van der Waals surface area (Å²) >= 11 is 3.13. The molecule has 0 aliphatic carbocycles. The Morgan fingerprint density at radius 1 is 1.29 bits per heavy atom. The highest BCUT2D eigenvalue weighted by Crippen LogP contribution is 2.21. The van der Waals surface area contributed by atoms with Crippen molar-refractivity contribution in [2.75, 3.05) is 22.5 Å². The molecule has 0 fully saturated rings. The van der Waals surface area contributed by atoms with Crippen molar-refractivity contribution in [3.05, 3.63) is 22.9 Å². The van der Waals surface area contributed by atoms with Crippen LogP contribution in [0.3, 0.4) is 0 Å². The van der Waals surface area contributed by atoms with Crippen LogP contribution in [0.15, 0.2) is 22.9 Å². The number of sulfonamides is 1. The molecule has 17 heavy (non-hydrogen) atoms. The molecule has 0 amide bonds. The average Bonchev–Trinajstić information content (AvgIpc) is 2.18. The molecule has 1 aromatic rings. The highest BCUT2D eigenvalue weighted by Gasteiger charge is 2.15. The van der Waals surface area contributed by atoms with Crippen LogP contribution in [0, 0.1) is 0 Å². The van der Waals surface area contributed by atoms with Crippen molar-refractivity contribution in [1.82, 2.24) is 4.98 Å². The Labute approximate surface area is 109 Å². The summed E-state index contributed by atoms with van der Waals surface area (Å²) in [4.78, 5) is 3.78. The number of aromatic nitrogens is 1. The molecule has 0 atom stereocenters. The van der Waals surface area contributed by atoms with Gasteiger partial charge in [0.05, 0.1) is 21.7 Å². The second-order valence-electron chi connectivity index (χ2n) is 3.41. The van der Waals surface area contributed by atoms with Crippen LogP contribution in [-0.2, 0) is 19.9 Å². The number of rotatable bonds is 5. The molecule has 0 aromatic carbocycles. The molecule has 0 aliphatic heterocycles. The number of pyridine rings is 1. The van der Waals surface area contributed by atoms with Crippen LogP contribution < -0.4 is 4.72 Å². The van der Waals surface area contributed by atoms with Crippen molar-refractivity contribution in [2.45, 2.75) is 0 Å². The first-order chi connectivity index (χ1) is 7.70. The maximum absolute atomic E-state index is 11.6. The third-order valence-corrected chi connectivity index (χ3v) is 4.87. The van der Waals surface area contributed by atoms with Gasteiger partial charge in [-0.2, -0.15) is 0 Å². The Morgan fingerprint density at radius 2 is 1.94 bits per heavy atom. The Balaban J connectivity index is 2.78. The molecule has 0 saturated carbocycles. The molecule has 0 saturated heterocycles. The van der Waals surface area contributed by atoms with Gasteiger partial charge in [0.2, 0.25) is 10.0 Å². The number of sulfone groups is 1. The van der Waals surface area contributed by atoms with Gasteiger partial charge >= 0.3 is 0 Å². The summed E-state index contributed by atoms with van der Waals surface area (Å²) in [7, 11) is -6.98. The maximum Gasteiger partial charge on any atom is 0.233 e. The maximum atomic E-state index is 11.6. The minimum absolute atomic E-state index is 0.327. The summed E-state index contributed by atoms with van der Waals surface area (Å²) < 4.78 is 47.7. The van der Waals surface area contributed by atoms with E-state index in [2.05, 4.69) is 25.6 Å². The summed E-state index contributed by atoms with van der Waals surface area (Å²) in [5, 5.41) is 0. The van der Waals surface area contributed by atoms with E-state index >= 15 is 0 Å². The standard InChI is InChI=1S/C8H11BrN2O4S2/c1-16(12,13)4-5-17(14,15)11-8-2-3-10-6-7(8)9/h2-3,6H,4-5H2,1H3,(H,10,11). The Kier molecular flexibility index (Phi) is 4.50. The van der Waals surface area contributed by atoms with Crippen LogP contribution in [0.4, 0.5) is 5.69 Å². The van der Waals surface area contributed by atoms with Gasteiger partial charge in [0.1, 0.15) is 9.84 Å². The van der Waals surface area contributed by atoms with Gasteiger partial charge in [-0.1, -0.05) is 0 Å². The van der Waals surface area contributed by atoms with E-state index < -0.39 is 31.4 Å². The lowest BCUT2D eigenvalue weighted by Gasteiger charge is -2.08. The third kappa shape index (κ3) is 5.46. The van der Waals surface area contributed by atoms with E-state index in [1.54, 1.807) is 0 Å². The summed E-state index contributed by atoms with van der Waals surface area (Å²) in [6.07, 6.45) is 3.86. The zero-order chi connectivity index (χ0) is 13.1. The first kappa shape index (κ1) is 14.4. The highest BCUT2D eigenvalue weighted by atomic mass is 79.9. The molecule has 0 spiro atoms. The number of hydrogen-bond acceptors (Lipinski definition) is 5. The second kappa shape index (κ2) is 5.32. The van der Waals surface area contributed by atoms with Crippen LogP contribution in [-0.4, -0.2) is 39.6 Å². The highest BCUT2D eigenvalue weighted by molar-refractivity contribution is 9.10. The van der Waals surface area contributed by atoms with Crippen LogP contribution >= 0.6 is 15.9 Å². The SMILES string of the molecule is CS(=O)(=O)CCS(=O)(=O)Nc1ccncc1Br. The fraction of sp³-hybridized carbons (Fsp3) is 0.375. The molecule has 0 radical (unpaired) electrons. The van der Waals surface area contributed by atoms with Gasteiger partial charge in [-0.05, 0) is 22.0 Å². The summed E-state index contributed by atoms with van der Waals surface area (Å²) in [5.74, 6) is -0.883. The molecular formula is C8H11BrN2O4S2. The lowest BCUT2D eigenvalue weighted by Crippen LogP contribution is -2.22. The lowest BCUT2D eigenvalue weighted by atomic mass is 10.4. The van der Waals surface area contributed by atoms with Crippen molar-refractivity contribution < 1.29 is 16.8 Å². The number of nitrogens with zero attached hydrogens (tertiary/aromatic N) is 1. The van der Waals surface area contributed by atoms with E-state index in [-0.39, 0.29) is 0 Å². The molecule has 0 bridgehead atoms. The normalized spacial score (nSPS) is 12.4.